The molecule has 0 unspecified atom stereocenters. The summed E-state index contributed by atoms with van der Waals surface area (Å²) < 4.78 is 34.9. The van der Waals surface area contributed by atoms with Crippen LogP contribution in [0, 0.1) is 24.3 Å². The molecule has 0 saturated heterocycles. The summed E-state index contributed by atoms with van der Waals surface area (Å²) in [6, 6.07) is 77.6. The van der Waals surface area contributed by atoms with Gasteiger partial charge in [-0.15, -0.1) is 92.9 Å². The molecule has 0 radical (unpaired) electrons. The number of rotatable bonds is 8. The van der Waals surface area contributed by atoms with Gasteiger partial charge in [-0.1, -0.05) is 119 Å². The number of hydrogen-bond donors (Lipinski definition) is 0. The number of fused-ring (bicyclic) bond motifs is 12. The van der Waals surface area contributed by atoms with Crippen LogP contribution in [-0.2, 0) is 42.1 Å². The van der Waals surface area contributed by atoms with Crippen molar-refractivity contribution in [3.63, 3.8) is 0 Å². The van der Waals surface area contributed by atoms with Crippen molar-refractivity contribution in [3.8, 4) is 57.1 Å². The normalized spacial score (nSPS) is 11.4. The molecule has 0 aliphatic rings. The van der Waals surface area contributed by atoms with Crippen LogP contribution in [0.5, 0.6) is 23.0 Å². The summed E-state index contributed by atoms with van der Waals surface area (Å²) in [7, 11) is 0. The van der Waals surface area contributed by atoms with Gasteiger partial charge in [-0.05, 0) is 64.7 Å². The van der Waals surface area contributed by atoms with E-state index in [0.717, 1.165) is 104 Å². The van der Waals surface area contributed by atoms with Crippen molar-refractivity contribution in [2.45, 2.75) is 0 Å². The molecule has 16 aromatic rings. The molecule has 14 heteroatoms. The number of para-hydroxylation sites is 3. The van der Waals surface area contributed by atoms with Gasteiger partial charge in [-0.3, -0.25) is 0 Å². The van der Waals surface area contributed by atoms with E-state index in [1.807, 2.05) is 146 Å². The third kappa shape index (κ3) is 8.37. The Morgan fingerprint density at radius 1 is 0.410 bits per heavy atom. The molecule has 8 aromatic carbocycles. The van der Waals surface area contributed by atoms with Gasteiger partial charge in [0.15, 0.2) is 0 Å². The molecule has 78 heavy (non-hydrogen) atoms. The van der Waals surface area contributed by atoms with Crippen LogP contribution >= 0.6 is 11.3 Å². The number of thiophene rings is 1. The average Bonchev–Trinajstić information content (AvgIpc) is 4.35. The summed E-state index contributed by atoms with van der Waals surface area (Å²) >= 11 is 1.60. The van der Waals surface area contributed by atoms with E-state index >= 15 is 0 Å². The van der Waals surface area contributed by atoms with Crippen LogP contribution in [0.2, 0.25) is 0 Å². The van der Waals surface area contributed by atoms with Crippen LogP contribution < -0.4 is 9.47 Å². The molecule has 0 fully saturated rings. The Morgan fingerprint density at radius 3 is 1.50 bits per heavy atom. The Bertz CT molecular complexity index is 4560. The van der Waals surface area contributed by atoms with Crippen LogP contribution in [0.4, 0.5) is 0 Å². The van der Waals surface area contributed by atoms with E-state index in [2.05, 4.69) is 102 Å². The number of hydrogen-bond acceptors (Lipinski definition) is 10. The van der Waals surface area contributed by atoms with Crippen LogP contribution in [0.1, 0.15) is 0 Å². The first-order valence-corrected chi connectivity index (χ1v) is 25.2. The molecule has 0 saturated carbocycles. The average molecular weight is 1390 g/mol. The van der Waals surface area contributed by atoms with Crippen LogP contribution in [0.25, 0.3) is 120 Å². The Balaban J connectivity index is 0.000000145. The molecular weight excluding hydrogens is 1350 g/mol. The molecule has 8 heterocycles. The van der Waals surface area contributed by atoms with Gasteiger partial charge < -0.3 is 32.1 Å². The number of nitrogens with zero attached hydrogens (tertiary/aromatic N) is 6. The molecule has 376 valence electrons. The Kier molecular flexibility index (Phi) is 12.6. The third-order valence-electron chi connectivity index (χ3n) is 13.4. The summed E-state index contributed by atoms with van der Waals surface area (Å²) in [4.78, 5) is 10.00. The van der Waals surface area contributed by atoms with Gasteiger partial charge in [-0.25, -0.2) is 9.97 Å². The minimum absolute atomic E-state index is 0. The first-order valence-electron chi connectivity index (χ1n) is 24.4. The maximum absolute atomic E-state index is 6.29. The van der Waals surface area contributed by atoms with E-state index in [4.69, 9.17) is 22.9 Å². The fourth-order valence-corrected chi connectivity index (χ4v) is 11.1. The fourth-order valence-electron chi connectivity index (χ4n) is 10.1. The molecule has 16 rings (SSSR count). The number of pyridine rings is 2. The predicted octanol–water partition coefficient (Wildman–Crippen LogP) is 16.7. The van der Waals surface area contributed by atoms with Crippen molar-refractivity contribution in [1.82, 2.24) is 29.4 Å². The SMILES string of the molecule is [Pt+2].[Pt+2].[c-]1c(Oc2[c-]c3c(cc2)c2ccccc2n3-c2ccccn2)cccc1-c1noc2oc3ccccc3c12.[c-]1c(Oc2[c-]c3c(cc2)c2ccccc2n3-c2ccccn2)cccc1-c1noc2sc3ccccc3c12. The number of furan rings is 1. The van der Waals surface area contributed by atoms with Crippen molar-refractivity contribution >= 4 is 97.5 Å². The zero-order valence-electron chi connectivity index (χ0n) is 40.4. The van der Waals surface area contributed by atoms with E-state index in [9.17, 15) is 0 Å². The molecule has 0 amide bonds. The van der Waals surface area contributed by atoms with Gasteiger partial charge in [0.2, 0.25) is 4.90 Å². The molecule has 8 aromatic heterocycles. The molecule has 0 aliphatic heterocycles. The minimum atomic E-state index is 0. The smallest absolute Gasteiger partial charge is 0.503 e. The van der Waals surface area contributed by atoms with Crippen molar-refractivity contribution in [1.29, 1.82) is 0 Å². The van der Waals surface area contributed by atoms with E-state index < -0.39 is 0 Å². The van der Waals surface area contributed by atoms with E-state index in [-0.39, 0.29) is 42.1 Å². The number of aromatic nitrogens is 6. The largest absolute Gasteiger partial charge is 2.00 e. The molecule has 0 atom stereocenters. The van der Waals surface area contributed by atoms with Crippen LogP contribution in [0.15, 0.2) is 220 Å². The Hall–Kier alpha value is -8.92. The van der Waals surface area contributed by atoms with Crippen molar-refractivity contribution < 1.29 is 65.1 Å². The molecule has 0 spiro atoms. The monoisotopic (exact) mass is 1390 g/mol. The molecule has 11 nitrogen and oxygen atoms in total. The van der Waals surface area contributed by atoms with E-state index in [0.29, 0.717) is 34.5 Å². The molecule has 0 aliphatic carbocycles. The maximum Gasteiger partial charge on any atom is 2.00 e. The topological polar surface area (TPSA) is 119 Å². The molecular formula is C64H34N6O5Pt2S. The second-order valence-electron chi connectivity index (χ2n) is 17.9. The summed E-state index contributed by atoms with van der Waals surface area (Å²) in [6.07, 6.45) is 3.59. The van der Waals surface area contributed by atoms with Gasteiger partial charge in [0, 0.05) is 73.3 Å². The second-order valence-corrected chi connectivity index (χ2v) is 18.9. The first-order chi connectivity index (χ1) is 37.7. The Morgan fingerprint density at radius 2 is 0.910 bits per heavy atom. The van der Waals surface area contributed by atoms with Gasteiger partial charge in [-0.2, -0.15) is 12.1 Å². The van der Waals surface area contributed by atoms with Gasteiger partial charge in [0.05, 0.1) is 5.39 Å². The zero-order valence-corrected chi connectivity index (χ0v) is 45.8. The molecule has 0 bridgehead atoms. The fraction of sp³-hybridized carbons (Fsp3) is 0. The van der Waals surface area contributed by atoms with Gasteiger partial charge in [0.1, 0.15) is 17.2 Å². The second kappa shape index (κ2) is 20.2. The Labute approximate surface area is 476 Å². The predicted molar refractivity (Wildman–Crippen MR) is 297 cm³/mol. The van der Waals surface area contributed by atoms with E-state index in [1.165, 1.54) is 4.70 Å². The van der Waals surface area contributed by atoms with Gasteiger partial charge in [0.25, 0.3) is 0 Å². The van der Waals surface area contributed by atoms with Gasteiger partial charge >= 0.3 is 47.9 Å². The van der Waals surface area contributed by atoms with Crippen LogP contribution in [0.3, 0.4) is 0 Å². The summed E-state index contributed by atoms with van der Waals surface area (Å²) in [5.41, 5.74) is 7.66. The summed E-state index contributed by atoms with van der Waals surface area (Å²) in [6.45, 7) is 0. The minimum Gasteiger partial charge on any atom is -0.503 e. The van der Waals surface area contributed by atoms with Crippen molar-refractivity contribution in [2.24, 2.45) is 0 Å². The standard InChI is InChI=1S/C32H17N3O3.C32H17N3O2S.2Pt/c1-3-12-26-23(10-1)24-16-15-22(19-27(24)35(26)29-14-5-6-17-33-29)36-21-9-7-8-20(18-21)31-30-25-11-2-4-13-28(25)37-32(30)38-34-31;1-3-12-26-23(10-1)24-16-15-22(19-27(24)35(26)29-14-5-6-17-33-29)36-21-9-7-8-20(18-21)31-30-25-11-2-4-13-28(25)38-32(30)37-34-31;;/h2*1-17H;;/q2*-2;2*+2. The zero-order chi connectivity index (χ0) is 50.1. The number of ether oxygens (including phenoxy) is 2. The number of benzene rings is 8. The van der Waals surface area contributed by atoms with E-state index in [1.54, 1.807) is 23.7 Å². The third-order valence-corrected chi connectivity index (χ3v) is 14.4. The molecule has 0 N–H and O–H groups in total. The van der Waals surface area contributed by atoms with Crippen molar-refractivity contribution in [2.75, 3.05) is 0 Å². The van der Waals surface area contributed by atoms with Crippen LogP contribution in [-0.4, -0.2) is 29.4 Å². The first kappa shape index (κ1) is 48.7. The summed E-state index contributed by atoms with van der Waals surface area (Å²) in [5.74, 6) is 4.34. The summed E-state index contributed by atoms with van der Waals surface area (Å²) in [5, 5.41) is 17.0. The quantitative estimate of drug-likeness (QED) is 0.137. The van der Waals surface area contributed by atoms with Crippen molar-refractivity contribution in [3.05, 3.63) is 231 Å². The maximum atomic E-state index is 6.29.